The van der Waals surface area contributed by atoms with E-state index in [2.05, 4.69) is 21.1 Å². The van der Waals surface area contributed by atoms with Crippen molar-refractivity contribution >= 4 is 10.0 Å². The maximum absolute atomic E-state index is 4.61. The summed E-state index contributed by atoms with van der Waals surface area (Å²) in [5, 5.41) is 3.21. The van der Waals surface area contributed by atoms with Crippen LogP contribution in [0, 0.1) is 0 Å². The van der Waals surface area contributed by atoms with Crippen LogP contribution in [-0.2, 0) is 8.85 Å². The van der Waals surface area contributed by atoms with Gasteiger partial charge in [-0.15, -0.1) is 0 Å². The smallest absolute Gasteiger partial charge is 0.303 e. The van der Waals surface area contributed by atoms with Gasteiger partial charge in [-0.25, -0.2) is 0 Å². The van der Waals surface area contributed by atoms with Gasteiger partial charge in [0.25, 0.3) is 0 Å². The van der Waals surface area contributed by atoms with Gasteiger partial charge in [-0.1, -0.05) is 0 Å². The van der Waals surface area contributed by atoms with E-state index < -0.39 is 10.0 Å². The standard InChI is InChI=1S/C4H9N.C2H8O2Si/c1-4-2-3-5-4;1-3-5-4-2/h4-5H,2-3H2,1H3;5H2,1-2H3. The molecule has 62 valence electrons. The molecule has 1 aliphatic rings. The maximum Gasteiger partial charge on any atom is 0.303 e. The molecule has 0 saturated carbocycles. The molecule has 4 heteroatoms. The van der Waals surface area contributed by atoms with Crippen LogP contribution in [0.4, 0.5) is 0 Å². The highest BCUT2D eigenvalue weighted by atomic mass is 28.3. The Morgan fingerprint density at radius 3 is 1.80 bits per heavy atom. The molecule has 0 aromatic heterocycles. The third-order valence-electron chi connectivity index (χ3n) is 1.31. The van der Waals surface area contributed by atoms with Gasteiger partial charge in [0.2, 0.25) is 0 Å². The molecule has 1 aliphatic heterocycles. The highest BCUT2D eigenvalue weighted by Gasteiger charge is 2.07. The first-order valence-corrected chi connectivity index (χ1v) is 4.68. The Labute approximate surface area is 65.2 Å². The molecular weight excluding hydrogens is 146 g/mol. The van der Waals surface area contributed by atoms with Crippen LogP contribution in [0.2, 0.25) is 0 Å². The van der Waals surface area contributed by atoms with E-state index in [9.17, 15) is 0 Å². The second-order valence-corrected chi connectivity index (χ2v) is 3.73. The van der Waals surface area contributed by atoms with Crippen LogP contribution in [0.25, 0.3) is 0 Å². The lowest BCUT2D eigenvalue weighted by Gasteiger charge is -2.22. The molecule has 0 bridgehead atoms. The highest BCUT2D eigenvalue weighted by Crippen LogP contribution is 1.96. The third kappa shape index (κ3) is 6.22. The molecule has 1 N–H and O–H groups in total. The monoisotopic (exact) mass is 163 g/mol. The zero-order chi connectivity index (χ0) is 7.82. The molecule has 1 fully saturated rings. The average molecular weight is 163 g/mol. The molecule has 10 heavy (non-hydrogen) atoms. The lowest BCUT2D eigenvalue weighted by atomic mass is 10.1. The minimum atomic E-state index is -0.568. The summed E-state index contributed by atoms with van der Waals surface area (Å²) in [5.41, 5.74) is 0. The summed E-state index contributed by atoms with van der Waals surface area (Å²) >= 11 is 0. The van der Waals surface area contributed by atoms with Crippen LogP contribution in [0.5, 0.6) is 0 Å². The SMILES string of the molecule is CC1CCN1.CO[SiH2]OC. The molecule has 0 amide bonds. The van der Waals surface area contributed by atoms with E-state index in [0.717, 1.165) is 6.04 Å². The van der Waals surface area contributed by atoms with Crippen LogP contribution in [-0.4, -0.2) is 36.8 Å². The number of hydrogen-bond acceptors (Lipinski definition) is 3. The van der Waals surface area contributed by atoms with Crippen molar-refractivity contribution in [2.75, 3.05) is 20.8 Å². The van der Waals surface area contributed by atoms with Crippen molar-refractivity contribution in [1.29, 1.82) is 0 Å². The van der Waals surface area contributed by atoms with E-state index in [4.69, 9.17) is 0 Å². The minimum absolute atomic E-state index is 0.568. The Hall–Kier alpha value is 0.0969. The molecule has 0 radical (unpaired) electrons. The fraction of sp³-hybridized carbons (Fsp3) is 1.00. The summed E-state index contributed by atoms with van der Waals surface area (Å²) in [6.07, 6.45) is 1.38. The van der Waals surface area contributed by atoms with Gasteiger partial charge in [0.1, 0.15) is 0 Å². The zero-order valence-electron chi connectivity index (χ0n) is 7.02. The van der Waals surface area contributed by atoms with Crippen molar-refractivity contribution in [2.45, 2.75) is 19.4 Å². The van der Waals surface area contributed by atoms with Crippen LogP contribution in [0.15, 0.2) is 0 Å². The number of rotatable bonds is 2. The Morgan fingerprint density at radius 1 is 1.40 bits per heavy atom. The first-order chi connectivity index (χ1) is 4.81. The summed E-state index contributed by atoms with van der Waals surface area (Å²) in [6, 6.07) is 0.815. The minimum Gasteiger partial charge on any atom is -0.402 e. The van der Waals surface area contributed by atoms with Gasteiger partial charge in [0, 0.05) is 20.3 Å². The van der Waals surface area contributed by atoms with E-state index >= 15 is 0 Å². The van der Waals surface area contributed by atoms with Gasteiger partial charge < -0.3 is 14.2 Å². The van der Waals surface area contributed by atoms with Crippen molar-refractivity contribution in [3.8, 4) is 0 Å². The molecule has 3 nitrogen and oxygen atoms in total. The largest absolute Gasteiger partial charge is 0.402 e. The second-order valence-electron chi connectivity index (χ2n) is 2.34. The fourth-order valence-corrected chi connectivity index (χ4v) is 0.787. The highest BCUT2D eigenvalue weighted by molar-refractivity contribution is 6.17. The van der Waals surface area contributed by atoms with Crippen LogP contribution >= 0.6 is 0 Å². The lowest BCUT2D eigenvalue weighted by molar-refractivity contribution is 0.309. The van der Waals surface area contributed by atoms with E-state index in [-0.39, 0.29) is 0 Å². The average Bonchev–Trinajstić information content (AvgIpc) is 1.87. The number of nitrogens with one attached hydrogen (secondary N) is 1. The molecule has 0 aromatic rings. The van der Waals surface area contributed by atoms with Gasteiger partial charge in [-0.2, -0.15) is 0 Å². The van der Waals surface area contributed by atoms with Gasteiger partial charge in [0.05, 0.1) is 0 Å². The Kier molecular flexibility index (Phi) is 7.28. The van der Waals surface area contributed by atoms with Crippen LogP contribution in [0.3, 0.4) is 0 Å². The van der Waals surface area contributed by atoms with Crippen LogP contribution in [0.1, 0.15) is 13.3 Å². The Balaban J connectivity index is 0.000000162. The predicted octanol–water partition coefficient (Wildman–Crippen LogP) is -0.354. The third-order valence-corrected chi connectivity index (χ3v) is 1.78. The zero-order valence-corrected chi connectivity index (χ0v) is 8.43. The van der Waals surface area contributed by atoms with E-state index in [1.807, 2.05) is 0 Å². The van der Waals surface area contributed by atoms with Crippen molar-refractivity contribution in [1.82, 2.24) is 5.32 Å². The molecule has 0 aromatic carbocycles. The van der Waals surface area contributed by atoms with E-state index in [1.165, 1.54) is 13.0 Å². The summed E-state index contributed by atoms with van der Waals surface area (Å²) in [4.78, 5) is 0. The second kappa shape index (κ2) is 7.21. The fourth-order valence-electron chi connectivity index (χ4n) is 0.551. The van der Waals surface area contributed by atoms with Gasteiger partial charge >= 0.3 is 10.0 Å². The normalized spacial score (nSPS) is 22.5. The molecule has 1 rings (SSSR count). The summed E-state index contributed by atoms with van der Waals surface area (Å²) in [7, 11) is 2.73. The van der Waals surface area contributed by atoms with Crippen molar-refractivity contribution in [3.63, 3.8) is 0 Å². The quantitative estimate of drug-likeness (QED) is 0.564. The van der Waals surface area contributed by atoms with Crippen LogP contribution < -0.4 is 5.32 Å². The number of hydrogen-bond donors (Lipinski definition) is 1. The molecule has 0 aliphatic carbocycles. The summed E-state index contributed by atoms with van der Waals surface area (Å²) in [6.45, 7) is 3.44. The van der Waals surface area contributed by atoms with Gasteiger partial charge in [-0.3, -0.25) is 0 Å². The topological polar surface area (TPSA) is 30.5 Å². The molecule has 1 unspecified atom stereocenters. The Bertz CT molecular complexity index is 66.8. The summed E-state index contributed by atoms with van der Waals surface area (Å²) < 4.78 is 9.22. The molecule has 1 saturated heterocycles. The van der Waals surface area contributed by atoms with Gasteiger partial charge in [-0.05, 0) is 19.9 Å². The van der Waals surface area contributed by atoms with E-state index in [1.54, 1.807) is 14.2 Å². The van der Waals surface area contributed by atoms with Crippen molar-refractivity contribution in [3.05, 3.63) is 0 Å². The first-order valence-electron chi connectivity index (χ1n) is 3.52. The molecule has 1 heterocycles. The predicted molar refractivity (Wildman–Crippen MR) is 44.6 cm³/mol. The van der Waals surface area contributed by atoms with Gasteiger partial charge in [0.15, 0.2) is 0 Å². The lowest BCUT2D eigenvalue weighted by Crippen LogP contribution is -2.39. The molecule has 0 spiro atoms. The molecule has 1 atom stereocenters. The first kappa shape index (κ1) is 10.1. The summed E-state index contributed by atoms with van der Waals surface area (Å²) in [5.74, 6) is 0. The van der Waals surface area contributed by atoms with Crippen molar-refractivity contribution < 1.29 is 8.85 Å². The maximum atomic E-state index is 4.61. The van der Waals surface area contributed by atoms with Crippen molar-refractivity contribution in [2.24, 2.45) is 0 Å². The van der Waals surface area contributed by atoms with E-state index in [0.29, 0.717) is 0 Å². The Morgan fingerprint density at radius 2 is 1.80 bits per heavy atom. The molecular formula is C6H17NO2Si.